The van der Waals surface area contributed by atoms with Crippen LogP contribution in [0.15, 0.2) is 24.3 Å². The van der Waals surface area contributed by atoms with Gasteiger partial charge >= 0.3 is 0 Å². The third-order valence-electron chi connectivity index (χ3n) is 12.2. The maximum absolute atomic E-state index is 2.38. The molecule has 0 N–H and O–H groups in total. The van der Waals surface area contributed by atoms with Gasteiger partial charge in [-0.15, -0.1) is 0 Å². The average molecular weight is 880 g/mol. The Kier molecular flexibility index (Phi) is 71.2. The molecule has 1 fully saturated rings. The van der Waals surface area contributed by atoms with Gasteiger partial charge in [0, 0.05) is 0 Å². The topological polar surface area (TPSA) is 0 Å². The van der Waals surface area contributed by atoms with Crippen molar-refractivity contribution in [1.29, 1.82) is 0 Å². The van der Waals surface area contributed by atoms with Gasteiger partial charge in [-0.3, -0.25) is 0 Å². The van der Waals surface area contributed by atoms with Crippen LogP contribution < -0.4 is 0 Å². The van der Waals surface area contributed by atoms with E-state index in [2.05, 4.69) is 225 Å². The van der Waals surface area contributed by atoms with E-state index in [1.54, 1.807) is 0 Å². The van der Waals surface area contributed by atoms with Crippen molar-refractivity contribution in [2.75, 3.05) is 0 Å². The Morgan fingerprint density at radius 3 is 0.871 bits per heavy atom. The second-order valence-electron chi connectivity index (χ2n) is 22.7. The lowest BCUT2D eigenvalue weighted by Crippen LogP contribution is -2.12. The predicted octanol–water partition coefficient (Wildman–Crippen LogP) is 24.2. The van der Waals surface area contributed by atoms with Crippen molar-refractivity contribution >= 4 is 0 Å². The van der Waals surface area contributed by atoms with Gasteiger partial charge in [-0.25, -0.2) is 0 Å². The van der Waals surface area contributed by atoms with Crippen LogP contribution in [0.25, 0.3) is 0 Å². The molecule has 1 aromatic rings. The van der Waals surface area contributed by atoms with Gasteiger partial charge in [-0.1, -0.05) is 327 Å². The minimum Gasteiger partial charge on any atom is -0.0654 e. The van der Waals surface area contributed by atoms with Crippen LogP contribution >= 0.6 is 0 Å². The average Bonchev–Trinajstić information content (AvgIpc) is 3.21. The number of hydrogen-bond donors (Lipinski definition) is 0. The lowest BCUT2D eigenvalue weighted by atomic mass is 9.82. The molecule has 1 aliphatic carbocycles. The quantitative estimate of drug-likeness (QED) is 0.208. The van der Waals surface area contributed by atoms with E-state index in [9.17, 15) is 0 Å². The first-order chi connectivity index (χ1) is 28.5. The van der Waals surface area contributed by atoms with Crippen molar-refractivity contribution < 1.29 is 0 Å². The van der Waals surface area contributed by atoms with Crippen molar-refractivity contribution in [3.8, 4) is 0 Å². The molecule has 0 heteroatoms. The number of aryl methyl sites for hydroxylation is 2. The third kappa shape index (κ3) is 94.0. The fraction of sp³-hybridized carbons (Fsp3) is 0.903. The summed E-state index contributed by atoms with van der Waals surface area (Å²) in [4.78, 5) is 0. The molecule has 0 saturated heterocycles. The van der Waals surface area contributed by atoms with Crippen molar-refractivity contribution in [3.63, 3.8) is 0 Å². The molecule has 0 radical (unpaired) electrons. The normalized spacial score (nSPS) is 14.1. The van der Waals surface area contributed by atoms with Gasteiger partial charge in [0.05, 0.1) is 0 Å². The summed E-state index contributed by atoms with van der Waals surface area (Å²) in [5.74, 6) is 4.72. The van der Waals surface area contributed by atoms with Crippen LogP contribution in [0.5, 0.6) is 0 Å². The highest BCUT2D eigenvalue weighted by atomic mass is 14.2. The fourth-order valence-electron chi connectivity index (χ4n) is 4.38. The Labute approximate surface area is 402 Å². The molecule has 0 heterocycles. The zero-order valence-corrected chi connectivity index (χ0v) is 50.1. The van der Waals surface area contributed by atoms with Gasteiger partial charge in [0.2, 0.25) is 0 Å². The summed E-state index contributed by atoms with van der Waals surface area (Å²) in [5, 5.41) is 0. The molecule has 0 aliphatic heterocycles. The Hall–Kier alpha value is -0.780. The zero-order chi connectivity index (χ0) is 50.8. The van der Waals surface area contributed by atoms with Crippen LogP contribution in [0, 0.1) is 59.7 Å². The van der Waals surface area contributed by atoms with Crippen LogP contribution in [-0.2, 0) is 0 Å². The van der Waals surface area contributed by atoms with Gasteiger partial charge in [0.15, 0.2) is 0 Å². The highest BCUT2D eigenvalue weighted by Crippen LogP contribution is 2.28. The SMILES string of the molecule is CCC(C)(C)C.CCC(C)(C)CC.CCC(C)C.CCC(C)CC.CCCC.CCCC(C)(C)C.CCCC(C)C.CCCCC.C[C@@H]1CCCC[C@@H]1C.Cc1ccccc1C. The van der Waals surface area contributed by atoms with E-state index >= 15 is 0 Å². The number of benzene rings is 1. The van der Waals surface area contributed by atoms with Gasteiger partial charge in [-0.2, -0.15) is 0 Å². The molecule has 1 aliphatic rings. The third-order valence-corrected chi connectivity index (χ3v) is 12.2. The molecule has 382 valence electrons. The van der Waals surface area contributed by atoms with E-state index in [0.29, 0.717) is 16.2 Å². The molecule has 0 nitrogen and oxygen atoms in total. The smallest absolute Gasteiger partial charge is 0.0359 e. The summed E-state index contributed by atoms with van der Waals surface area (Å²) < 4.78 is 0. The largest absolute Gasteiger partial charge is 0.0654 e. The first kappa shape index (κ1) is 78.4. The van der Waals surface area contributed by atoms with Crippen LogP contribution in [0.2, 0.25) is 0 Å². The van der Waals surface area contributed by atoms with Gasteiger partial charge in [-0.05, 0) is 77.2 Å². The van der Waals surface area contributed by atoms with Crippen molar-refractivity contribution in [3.05, 3.63) is 35.4 Å². The van der Waals surface area contributed by atoms with Crippen molar-refractivity contribution in [2.45, 2.75) is 323 Å². The zero-order valence-electron chi connectivity index (χ0n) is 50.1. The second kappa shape index (κ2) is 56.3. The Bertz CT molecular complexity index is 827. The summed E-state index contributed by atoms with van der Waals surface area (Å²) in [6.45, 7) is 65.0. The van der Waals surface area contributed by atoms with Crippen molar-refractivity contribution in [1.82, 2.24) is 0 Å². The first-order valence-corrected chi connectivity index (χ1v) is 27.6. The molecule has 0 spiro atoms. The maximum Gasteiger partial charge on any atom is -0.0359 e. The minimum absolute atomic E-state index is 0.542. The molecular formula is C62H134. The Balaban J connectivity index is -0.0000000877. The van der Waals surface area contributed by atoms with Crippen LogP contribution in [-0.4, -0.2) is 0 Å². The fourth-order valence-corrected chi connectivity index (χ4v) is 4.38. The minimum atomic E-state index is 0.542. The Morgan fingerprint density at radius 2 is 0.806 bits per heavy atom. The summed E-state index contributed by atoms with van der Waals surface area (Å²) in [5.41, 5.74) is 4.41. The summed E-state index contributed by atoms with van der Waals surface area (Å²) in [6.07, 6.45) is 25.8. The Morgan fingerprint density at radius 1 is 0.468 bits per heavy atom. The molecule has 0 aromatic heterocycles. The monoisotopic (exact) mass is 879 g/mol. The highest BCUT2D eigenvalue weighted by molar-refractivity contribution is 5.23. The molecule has 1 aromatic carbocycles. The molecule has 0 unspecified atom stereocenters. The van der Waals surface area contributed by atoms with Gasteiger partial charge in [0.1, 0.15) is 0 Å². The molecule has 0 bridgehead atoms. The van der Waals surface area contributed by atoms with Gasteiger partial charge in [0.25, 0.3) is 0 Å². The molecular weight excluding hydrogens is 745 g/mol. The van der Waals surface area contributed by atoms with Crippen LogP contribution in [0.4, 0.5) is 0 Å². The summed E-state index contributed by atoms with van der Waals surface area (Å²) >= 11 is 0. The predicted molar refractivity (Wildman–Crippen MR) is 302 cm³/mol. The number of rotatable bonds is 11. The molecule has 1 saturated carbocycles. The second-order valence-corrected chi connectivity index (χ2v) is 22.7. The van der Waals surface area contributed by atoms with Crippen molar-refractivity contribution in [2.24, 2.45) is 45.8 Å². The lowest BCUT2D eigenvalue weighted by Gasteiger charge is -2.24. The van der Waals surface area contributed by atoms with Gasteiger partial charge < -0.3 is 0 Å². The highest BCUT2D eigenvalue weighted by Gasteiger charge is 2.15. The van der Waals surface area contributed by atoms with E-state index in [4.69, 9.17) is 0 Å². The van der Waals surface area contributed by atoms with Crippen LogP contribution in [0.1, 0.15) is 320 Å². The summed E-state index contributed by atoms with van der Waals surface area (Å²) in [7, 11) is 0. The first-order valence-electron chi connectivity index (χ1n) is 27.6. The van der Waals surface area contributed by atoms with Crippen LogP contribution in [0.3, 0.4) is 0 Å². The number of unbranched alkanes of at least 4 members (excludes halogenated alkanes) is 3. The molecule has 2 atom stereocenters. The molecule has 2 rings (SSSR count). The van der Waals surface area contributed by atoms with E-state index in [-0.39, 0.29) is 0 Å². The van der Waals surface area contributed by atoms with E-state index in [1.165, 1.54) is 133 Å². The molecule has 0 amide bonds. The standard InChI is InChI=1S/C8H16.C8H10.2C7H16.3C6H14.2C5H12.C4H10/c2*1-7-5-3-4-6-8(7)2;1-5-6-7(2,3)4;1-5-7(3,4)6-2;1-5-6(2,3)4;1-4-5-6(2)3;1-4-6(3)5-2;1-4-5(2)3;1-3-5-4-2;1-3-4-2/h7-8H,3-6H2,1-2H3;3-6H,1-2H3;2*5-6H2,1-4H3;5H2,1-4H3;2*6H,4-5H2,1-3H3;5H,4H2,1-3H3;3-5H2,1-2H3;3-4H2,1-2H3/t7-,8+;;;;;;;;;. The van der Waals surface area contributed by atoms with E-state index in [1.807, 2.05) is 0 Å². The van der Waals surface area contributed by atoms with E-state index in [0.717, 1.165) is 29.6 Å². The lowest BCUT2D eigenvalue weighted by molar-refractivity contribution is 0.277. The molecule has 62 heavy (non-hydrogen) atoms. The van der Waals surface area contributed by atoms with E-state index < -0.39 is 0 Å². The summed E-state index contributed by atoms with van der Waals surface area (Å²) in [6, 6.07) is 8.36. The number of hydrogen-bond acceptors (Lipinski definition) is 0. The maximum atomic E-state index is 2.38.